The van der Waals surface area contributed by atoms with E-state index in [9.17, 15) is 4.79 Å². The van der Waals surface area contributed by atoms with E-state index in [1.54, 1.807) is 10.7 Å². The fourth-order valence-corrected chi connectivity index (χ4v) is 2.99. The lowest BCUT2D eigenvalue weighted by molar-refractivity contribution is 0.0956. The third kappa shape index (κ3) is 3.29. The zero-order valence-electron chi connectivity index (χ0n) is 15.7. The maximum atomic E-state index is 12.2. The molecule has 7 heteroatoms. The number of aryl methyl sites for hydroxylation is 1. The molecule has 0 saturated heterocycles. The van der Waals surface area contributed by atoms with E-state index in [2.05, 4.69) is 25.7 Å². The van der Waals surface area contributed by atoms with E-state index in [0.29, 0.717) is 17.9 Å². The van der Waals surface area contributed by atoms with Crippen LogP contribution in [0.1, 0.15) is 22.8 Å². The van der Waals surface area contributed by atoms with Gasteiger partial charge in [-0.3, -0.25) is 4.79 Å². The number of rotatable bonds is 5. The lowest BCUT2D eigenvalue weighted by Gasteiger charge is -2.12. The summed E-state index contributed by atoms with van der Waals surface area (Å²) in [4.78, 5) is 21.0. The number of aromatic nitrogens is 4. The quantitative estimate of drug-likeness (QED) is 0.559. The van der Waals surface area contributed by atoms with Crippen molar-refractivity contribution in [3.8, 4) is 11.4 Å². The van der Waals surface area contributed by atoms with Gasteiger partial charge in [0.15, 0.2) is 11.6 Å². The van der Waals surface area contributed by atoms with E-state index in [1.807, 2.05) is 62.4 Å². The second kappa shape index (κ2) is 7.48. The molecule has 0 aliphatic rings. The molecule has 0 aliphatic heterocycles. The first-order chi connectivity index (χ1) is 13.7. The van der Waals surface area contributed by atoms with Crippen molar-refractivity contribution >= 4 is 22.9 Å². The Balaban J connectivity index is 1.72. The van der Waals surface area contributed by atoms with Crippen molar-refractivity contribution in [2.45, 2.75) is 13.8 Å². The molecule has 0 fully saturated rings. The van der Waals surface area contributed by atoms with Crippen LogP contribution in [0.3, 0.4) is 0 Å². The van der Waals surface area contributed by atoms with E-state index < -0.39 is 0 Å². The molecule has 4 rings (SSSR count). The molecule has 0 atom stereocenters. The zero-order valence-corrected chi connectivity index (χ0v) is 15.7. The van der Waals surface area contributed by atoms with Gasteiger partial charge in [0.2, 0.25) is 0 Å². The number of carbonyl (C=O) groups is 1. The van der Waals surface area contributed by atoms with Crippen molar-refractivity contribution in [2.75, 3.05) is 11.9 Å². The van der Waals surface area contributed by atoms with Crippen molar-refractivity contribution in [3.63, 3.8) is 0 Å². The third-order valence-corrected chi connectivity index (χ3v) is 4.46. The van der Waals surface area contributed by atoms with E-state index in [0.717, 1.165) is 28.2 Å². The number of hydrogen-bond donors (Lipinski definition) is 2. The Hall–Kier alpha value is -3.74. The maximum Gasteiger partial charge on any atom is 0.251 e. The first-order valence-electron chi connectivity index (χ1n) is 9.07. The van der Waals surface area contributed by atoms with Crippen LogP contribution in [0.4, 0.5) is 11.5 Å². The summed E-state index contributed by atoms with van der Waals surface area (Å²) in [5.74, 6) is 1.27. The third-order valence-electron chi connectivity index (χ3n) is 4.46. The monoisotopic (exact) mass is 372 g/mol. The fourth-order valence-electron chi connectivity index (χ4n) is 2.99. The van der Waals surface area contributed by atoms with E-state index in [1.165, 1.54) is 6.33 Å². The lowest BCUT2D eigenvalue weighted by atomic mass is 10.1. The van der Waals surface area contributed by atoms with E-state index in [4.69, 9.17) is 0 Å². The number of fused-ring (bicyclic) bond motifs is 1. The molecule has 2 N–H and O–H groups in total. The molecule has 0 unspecified atom stereocenters. The molecule has 2 heterocycles. The van der Waals surface area contributed by atoms with Crippen LogP contribution in [0.2, 0.25) is 0 Å². The van der Waals surface area contributed by atoms with Gasteiger partial charge >= 0.3 is 0 Å². The van der Waals surface area contributed by atoms with Crippen LogP contribution in [0.5, 0.6) is 0 Å². The summed E-state index contributed by atoms with van der Waals surface area (Å²) < 4.78 is 1.76. The summed E-state index contributed by atoms with van der Waals surface area (Å²) in [6.07, 6.45) is 3.24. The molecule has 2 aromatic heterocycles. The highest BCUT2D eigenvalue weighted by Crippen LogP contribution is 2.26. The summed E-state index contributed by atoms with van der Waals surface area (Å²) in [6, 6.07) is 15.4. The summed E-state index contributed by atoms with van der Waals surface area (Å²) in [5, 5.41) is 10.5. The van der Waals surface area contributed by atoms with Gasteiger partial charge in [-0.05, 0) is 31.5 Å². The first-order valence-corrected chi connectivity index (χ1v) is 9.07. The fraction of sp³-hybridized carbons (Fsp3) is 0.143. The van der Waals surface area contributed by atoms with Gasteiger partial charge < -0.3 is 10.6 Å². The summed E-state index contributed by atoms with van der Waals surface area (Å²) in [7, 11) is 0. The minimum atomic E-state index is -0.103. The van der Waals surface area contributed by atoms with Crippen LogP contribution < -0.4 is 10.6 Å². The smallest absolute Gasteiger partial charge is 0.251 e. The lowest BCUT2D eigenvalue weighted by Crippen LogP contribution is -2.22. The van der Waals surface area contributed by atoms with Crippen molar-refractivity contribution in [2.24, 2.45) is 0 Å². The molecule has 0 bridgehead atoms. The molecular weight excluding hydrogens is 352 g/mol. The topological polar surface area (TPSA) is 84.2 Å². The van der Waals surface area contributed by atoms with Crippen LogP contribution in [-0.2, 0) is 0 Å². The molecule has 1 amide bonds. The van der Waals surface area contributed by atoms with Gasteiger partial charge in [0.05, 0.1) is 6.20 Å². The Morgan fingerprint density at radius 3 is 2.71 bits per heavy atom. The number of benzene rings is 2. The molecule has 0 radical (unpaired) electrons. The van der Waals surface area contributed by atoms with Crippen LogP contribution in [-0.4, -0.2) is 32.0 Å². The van der Waals surface area contributed by atoms with Crippen LogP contribution >= 0.6 is 0 Å². The van der Waals surface area contributed by atoms with Gasteiger partial charge in [0, 0.05) is 23.4 Å². The second-order valence-electron chi connectivity index (χ2n) is 6.37. The Kier molecular flexibility index (Phi) is 4.72. The first kappa shape index (κ1) is 17.7. The predicted molar refractivity (Wildman–Crippen MR) is 109 cm³/mol. The molecule has 7 nitrogen and oxygen atoms in total. The Bertz CT molecular complexity index is 1140. The number of hydrogen-bond acceptors (Lipinski definition) is 5. The zero-order chi connectivity index (χ0) is 19.5. The molecule has 0 aliphatic carbocycles. The average Bonchev–Trinajstić information content (AvgIpc) is 3.15. The predicted octanol–water partition coefficient (Wildman–Crippen LogP) is 3.59. The molecule has 4 aromatic rings. The van der Waals surface area contributed by atoms with E-state index >= 15 is 0 Å². The average molecular weight is 372 g/mol. The molecule has 0 saturated carbocycles. The number of nitrogens with zero attached hydrogens (tertiary/aromatic N) is 4. The second-order valence-corrected chi connectivity index (χ2v) is 6.37. The van der Waals surface area contributed by atoms with Crippen LogP contribution in [0.25, 0.3) is 16.9 Å². The van der Waals surface area contributed by atoms with Crippen LogP contribution in [0.15, 0.2) is 61.1 Å². The Morgan fingerprint density at radius 1 is 1.11 bits per heavy atom. The SMILES string of the molecule is CCNC(=O)c1ccc(C)c(Nc2ncnn3c(-c4ccccc4)ncc23)c1. The van der Waals surface area contributed by atoms with Gasteiger partial charge in [-0.25, -0.2) is 14.5 Å². The van der Waals surface area contributed by atoms with Crippen molar-refractivity contribution in [1.29, 1.82) is 0 Å². The van der Waals surface area contributed by atoms with Crippen molar-refractivity contribution in [1.82, 2.24) is 24.9 Å². The highest BCUT2D eigenvalue weighted by molar-refractivity contribution is 5.95. The standard InChI is InChI=1S/C21H20N6O/c1-3-22-21(28)16-10-9-14(2)17(11-16)26-19-18-12-23-20(27(18)25-13-24-19)15-7-5-4-6-8-15/h4-13H,3H2,1-2H3,(H,22,28)(H,24,25,26). The highest BCUT2D eigenvalue weighted by atomic mass is 16.1. The molecule has 0 spiro atoms. The van der Waals surface area contributed by atoms with Crippen molar-refractivity contribution < 1.29 is 4.79 Å². The van der Waals surface area contributed by atoms with Gasteiger partial charge in [0.1, 0.15) is 11.8 Å². The summed E-state index contributed by atoms with van der Waals surface area (Å²) in [6.45, 7) is 4.46. The maximum absolute atomic E-state index is 12.2. The normalized spacial score (nSPS) is 10.8. The number of nitrogens with one attached hydrogen (secondary N) is 2. The van der Waals surface area contributed by atoms with Gasteiger partial charge in [0.25, 0.3) is 5.91 Å². The summed E-state index contributed by atoms with van der Waals surface area (Å²) >= 11 is 0. The molecule has 2 aromatic carbocycles. The number of imidazole rings is 1. The van der Waals surface area contributed by atoms with Crippen LogP contribution in [0, 0.1) is 6.92 Å². The van der Waals surface area contributed by atoms with Gasteiger partial charge in [-0.15, -0.1) is 0 Å². The van der Waals surface area contributed by atoms with E-state index in [-0.39, 0.29) is 5.91 Å². The van der Waals surface area contributed by atoms with Gasteiger partial charge in [-0.1, -0.05) is 36.4 Å². The number of anilines is 2. The van der Waals surface area contributed by atoms with Crippen molar-refractivity contribution in [3.05, 3.63) is 72.2 Å². The Labute approximate surface area is 162 Å². The molecular formula is C21H20N6O. The highest BCUT2D eigenvalue weighted by Gasteiger charge is 2.13. The largest absolute Gasteiger partial charge is 0.352 e. The minimum Gasteiger partial charge on any atom is -0.352 e. The Morgan fingerprint density at radius 2 is 1.93 bits per heavy atom. The number of amides is 1. The van der Waals surface area contributed by atoms with Gasteiger partial charge in [-0.2, -0.15) is 5.10 Å². The minimum absolute atomic E-state index is 0.103. The molecule has 140 valence electrons. The molecule has 28 heavy (non-hydrogen) atoms. The number of carbonyl (C=O) groups excluding carboxylic acids is 1. The summed E-state index contributed by atoms with van der Waals surface area (Å²) in [5.41, 5.74) is 4.14.